The monoisotopic (exact) mass is 553 g/mol. The molecule has 1 aliphatic rings. The highest BCUT2D eigenvalue weighted by atomic mass is 35.5. The van der Waals surface area contributed by atoms with Gasteiger partial charge in [0.15, 0.2) is 0 Å². The average Bonchev–Trinajstić information content (AvgIpc) is 3.19. The summed E-state index contributed by atoms with van der Waals surface area (Å²) in [6, 6.07) is 20.9. The minimum Gasteiger partial charge on any atom is -0.506 e. The fraction of sp³-hybridized carbons (Fsp3) is 0.107. The first-order chi connectivity index (χ1) is 17.9. The van der Waals surface area contributed by atoms with Gasteiger partial charge >= 0.3 is 5.97 Å². The predicted molar refractivity (Wildman–Crippen MR) is 147 cm³/mol. The number of ether oxygens (including phenoxy) is 2. The van der Waals surface area contributed by atoms with Crippen LogP contribution in [0.2, 0.25) is 10.0 Å². The highest BCUT2D eigenvalue weighted by Gasteiger charge is 2.34. The minimum absolute atomic E-state index is 0.0602. The molecule has 1 N–H and O–H groups in total. The molecule has 0 unspecified atom stereocenters. The Morgan fingerprint density at radius 1 is 1.03 bits per heavy atom. The van der Waals surface area contributed by atoms with Crippen molar-refractivity contribution in [2.75, 3.05) is 6.61 Å². The number of esters is 1. The Kier molecular flexibility index (Phi) is 8.71. The lowest BCUT2D eigenvalue weighted by atomic mass is 10.1. The molecule has 0 spiro atoms. The Bertz CT molecular complexity index is 1420. The largest absolute Gasteiger partial charge is 0.506 e. The summed E-state index contributed by atoms with van der Waals surface area (Å²) < 4.78 is 10.9. The van der Waals surface area contributed by atoms with Crippen LogP contribution in [0.15, 0.2) is 94.0 Å². The zero-order valence-electron chi connectivity index (χ0n) is 19.6. The van der Waals surface area contributed by atoms with E-state index < -0.39 is 11.9 Å². The lowest BCUT2D eigenvalue weighted by molar-refractivity contribution is -0.138. The predicted octanol–water partition coefficient (Wildman–Crippen LogP) is 7.27. The summed E-state index contributed by atoms with van der Waals surface area (Å²) in [7, 11) is 0. The van der Waals surface area contributed by atoms with Crippen molar-refractivity contribution in [3.05, 3.63) is 116 Å². The number of hydrogen-bond acceptors (Lipinski definition) is 6. The zero-order valence-corrected chi connectivity index (χ0v) is 21.9. The number of aliphatic imine (C=N–C) groups is 1. The molecule has 0 bridgehead atoms. The Morgan fingerprint density at radius 3 is 2.43 bits per heavy atom. The van der Waals surface area contributed by atoms with Gasteiger partial charge in [-0.1, -0.05) is 71.4 Å². The molecule has 9 heteroatoms. The molecule has 4 rings (SSSR count). The highest BCUT2D eigenvalue weighted by Crippen LogP contribution is 2.40. The van der Waals surface area contributed by atoms with E-state index in [1.807, 2.05) is 12.1 Å². The molecule has 1 amide bonds. The first-order valence-electron chi connectivity index (χ1n) is 11.2. The van der Waals surface area contributed by atoms with E-state index in [0.717, 1.165) is 17.3 Å². The van der Waals surface area contributed by atoms with Gasteiger partial charge in [0.1, 0.15) is 28.7 Å². The van der Waals surface area contributed by atoms with Crippen molar-refractivity contribution in [2.24, 2.45) is 4.99 Å². The number of aliphatic hydroxyl groups is 1. The number of carbonyl (C=O) groups excluding carboxylic acids is 2. The molecule has 37 heavy (non-hydrogen) atoms. The van der Waals surface area contributed by atoms with Crippen LogP contribution in [-0.4, -0.2) is 28.6 Å². The second kappa shape index (κ2) is 12.1. The summed E-state index contributed by atoms with van der Waals surface area (Å²) >= 11 is 13.3. The normalized spacial score (nSPS) is 15.3. The Hall–Kier alpha value is -3.52. The maximum absolute atomic E-state index is 12.6. The van der Waals surface area contributed by atoms with Gasteiger partial charge < -0.3 is 14.6 Å². The molecular formula is C28H21Cl2NO5S. The van der Waals surface area contributed by atoms with Crippen molar-refractivity contribution in [1.82, 2.24) is 0 Å². The third-order valence-electron chi connectivity index (χ3n) is 5.16. The first-order valence-corrected chi connectivity index (χ1v) is 12.8. The molecule has 0 atom stereocenters. The number of rotatable bonds is 7. The van der Waals surface area contributed by atoms with Crippen LogP contribution in [0, 0.1) is 0 Å². The number of aliphatic hydroxyl groups excluding tert-OH is 1. The van der Waals surface area contributed by atoms with Gasteiger partial charge in [0.2, 0.25) is 0 Å². The summed E-state index contributed by atoms with van der Waals surface area (Å²) in [4.78, 5) is 29.6. The van der Waals surface area contributed by atoms with Gasteiger partial charge in [-0.25, -0.2) is 9.79 Å². The van der Waals surface area contributed by atoms with Gasteiger partial charge in [-0.3, -0.25) is 4.79 Å². The second-order valence-electron chi connectivity index (χ2n) is 7.75. The molecule has 6 nitrogen and oxygen atoms in total. The summed E-state index contributed by atoms with van der Waals surface area (Å²) in [6.07, 6.45) is 1.64. The number of benzene rings is 3. The van der Waals surface area contributed by atoms with Crippen LogP contribution in [0.3, 0.4) is 0 Å². The van der Waals surface area contributed by atoms with Gasteiger partial charge in [-0.15, -0.1) is 0 Å². The SMILES string of the molecule is CCOC(=O)C1=C(O)/C(=C/c2ccc(OCc3ccc(Cl)cc3)c(Cl)c2)SC1=NC(=O)c1ccccc1. The van der Waals surface area contributed by atoms with Crippen LogP contribution in [-0.2, 0) is 16.1 Å². The van der Waals surface area contributed by atoms with Gasteiger partial charge in [-0.2, -0.15) is 0 Å². The van der Waals surface area contributed by atoms with E-state index in [0.29, 0.717) is 38.4 Å². The van der Waals surface area contributed by atoms with Crippen LogP contribution in [0.1, 0.15) is 28.4 Å². The van der Waals surface area contributed by atoms with Crippen LogP contribution >= 0.6 is 35.0 Å². The summed E-state index contributed by atoms with van der Waals surface area (Å²) in [5.41, 5.74) is 1.79. The highest BCUT2D eigenvalue weighted by molar-refractivity contribution is 8.18. The number of nitrogens with zero attached hydrogens (tertiary/aromatic N) is 1. The Labute approximate surface area is 228 Å². The van der Waals surface area contributed by atoms with Gasteiger partial charge in [0.25, 0.3) is 5.91 Å². The topological polar surface area (TPSA) is 85.2 Å². The maximum atomic E-state index is 12.6. The molecular weight excluding hydrogens is 533 g/mol. The van der Waals surface area contributed by atoms with E-state index >= 15 is 0 Å². The van der Waals surface area contributed by atoms with E-state index in [9.17, 15) is 14.7 Å². The first kappa shape index (κ1) is 26.5. The number of hydrogen-bond donors (Lipinski definition) is 1. The second-order valence-corrected chi connectivity index (χ2v) is 9.62. The molecule has 3 aromatic carbocycles. The van der Waals surface area contributed by atoms with Crippen LogP contribution in [0.4, 0.5) is 0 Å². The van der Waals surface area contributed by atoms with Crippen LogP contribution < -0.4 is 4.74 Å². The smallest absolute Gasteiger partial charge is 0.344 e. The van der Waals surface area contributed by atoms with Crippen LogP contribution in [0.25, 0.3) is 6.08 Å². The number of thioether (sulfide) groups is 1. The summed E-state index contributed by atoms with van der Waals surface area (Å²) in [5, 5.41) is 11.9. The third-order valence-corrected chi connectivity index (χ3v) is 6.72. The van der Waals surface area contributed by atoms with E-state index in [2.05, 4.69) is 4.99 Å². The van der Waals surface area contributed by atoms with Crippen molar-refractivity contribution in [3.63, 3.8) is 0 Å². The molecule has 0 aromatic heterocycles. The van der Waals surface area contributed by atoms with Crippen molar-refractivity contribution >= 4 is 58.0 Å². The quantitative estimate of drug-likeness (QED) is 0.309. The lowest BCUT2D eigenvalue weighted by Gasteiger charge is -2.09. The Balaban J connectivity index is 1.58. The summed E-state index contributed by atoms with van der Waals surface area (Å²) in [5.74, 6) is -1.13. The van der Waals surface area contributed by atoms with Gasteiger partial charge in [0.05, 0.1) is 16.5 Å². The molecule has 1 aliphatic heterocycles. The molecule has 0 aliphatic carbocycles. The molecule has 0 radical (unpaired) electrons. The average molecular weight is 554 g/mol. The fourth-order valence-electron chi connectivity index (χ4n) is 3.35. The number of amides is 1. The summed E-state index contributed by atoms with van der Waals surface area (Å²) in [6.45, 7) is 2.07. The molecule has 0 saturated heterocycles. The zero-order chi connectivity index (χ0) is 26.4. The third kappa shape index (κ3) is 6.63. The van der Waals surface area contributed by atoms with Crippen molar-refractivity contribution in [2.45, 2.75) is 13.5 Å². The molecule has 1 heterocycles. The van der Waals surface area contributed by atoms with E-state index in [1.54, 1.807) is 73.7 Å². The molecule has 3 aromatic rings. The van der Waals surface area contributed by atoms with E-state index in [1.165, 1.54) is 0 Å². The Morgan fingerprint density at radius 2 is 1.76 bits per heavy atom. The van der Waals surface area contributed by atoms with Crippen molar-refractivity contribution in [3.8, 4) is 5.75 Å². The van der Waals surface area contributed by atoms with E-state index in [-0.39, 0.29) is 23.0 Å². The van der Waals surface area contributed by atoms with Gasteiger partial charge in [-0.05, 0) is 60.5 Å². The van der Waals surface area contributed by atoms with E-state index in [4.69, 9.17) is 32.7 Å². The fourth-order valence-corrected chi connectivity index (χ4v) is 4.73. The number of halogens is 2. The lowest BCUT2D eigenvalue weighted by Crippen LogP contribution is -2.14. The standard InChI is InChI=1S/C28H21Cl2NO5S/c1-2-35-28(34)24-25(32)23(37-27(24)31-26(33)19-6-4-3-5-7-19)15-18-10-13-22(21(30)14-18)36-16-17-8-11-20(29)12-9-17/h3-15,32H,2,16H2,1H3/b23-15-,31-27?. The molecule has 0 saturated carbocycles. The minimum atomic E-state index is -0.764. The van der Waals surface area contributed by atoms with Crippen LogP contribution in [0.5, 0.6) is 5.75 Å². The van der Waals surface area contributed by atoms with Gasteiger partial charge in [0, 0.05) is 10.6 Å². The molecule has 188 valence electrons. The maximum Gasteiger partial charge on any atom is 0.344 e. The van der Waals surface area contributed by atoms with Crippen molar-refractivity contribution < 1.29 is 24.2 Å². The molecule has 0 fully saturated rings. The number of carbonyl (C=O) groups is 2. The van der Waals surface area contributed by atoms with Crippen molar-refractivity contribution in [1.29, 1.82) is 0 Å².